The summed E-state index contributed by atoms with van der Waals surface area (Å²) in [5, 5.41) is 19.5. The zero-order valence-electron chi connectivity index (χ0n) is 9.49. The lowest BCUT2D eigenvalue weighted by Crippen LogP contribution is -2.41. The number of nitrogens with two attached hydrogens (primary N) is 1. The van der Waals surface area contributed by atoms with Crippen molar-refractivity contribution in [3.05, 3.63) is 0 Å². The maximum atomic E-state index is 10.7. The molecular weight excluding hydrogens is 304 g/mol. The van der Waals surface area contributed by atoms with E-state index in [2.05, 4.69) is 5.32 Å². The molecule has 0 aliphatic heterocycles. The van der Waals surface area contributed by atoms with E-state index in [1.165, 1.54) is 6.92 Å². The van der Waals surface area contributed by atoms with Gasteiger partial charge in [0.1, 0.15) is 12.1 Å². The maximum Gasteiger partial charge on any atom is 0.327 e. The molecule has 106 valence electrons. The zero-order chi connectivity index (χ0) is 13.4. The van der Waals surface area contributed by atoms with Gasteiger partial charge in [0.2, 0.25) is 5.91 Å². The van der Waals surface area contributed by atoms with Gasteiger partial charge in [0.15, 0.2) is 0 Å². The van der Waals surface area contributed by atoms with Crippen molar-refractivity contribution < 1.29 is 24.6 Å². The lowest BCUT2D eigenvalue weighted by atomic mass is 10.3. The van der Waals surface area contributed by atoms with Gasteiger partial charge in [-0.1, -0.05) is 21.6 Å². The van der Waals surface area contributed by atoms with Crippen LogP contribution in [0.5, 0.6) is 0 Å². The largest absolute Gasteiger partial charge is 0.480 e. The Kier molecular flexibility index (Phi) is 11.3. The number of amides is 1. The summed E-state index contributed by atoms with van der Waals surface area (Å²) in [7, 11) is 2.31. The highest BCUT2D eigenvalue weighted by Crippen LogP contribution is 2.22. The van der Waals surface area contributed by atoms with E-state index in [9.17, 15) is 14.4 Å². The summed E-state index contributed by atoms with van der Waals surface area (Å²) in [5.41, 5.74) is 5.25. The smallest absolute Gasteiger partial charge is 0.327 e. The number of halogens is 1. The molecule has 0 radical (unpaired) electrons. The first kappa shape index (κ1) is 19.7. The first-order chi connectivity index (χ1) is 7.84. The topological polar surface area (TPSA) is 130 Å². The summed E-state index contributed by atoms with van der Waals surface area (Å²) < 4.78 is 0. The molecule has 0 aromatic carbocycles. The second-order valence-electron chi connectivity index (χ2n) is 3.11. The third-order valence-corrected chi connectivity index (χ3v) is 4.01. The average Bonchev–Trinajstić information content (AvgIpc) is 2.21. The Bertz CT molecular complexity index is 305. The van der Waals surface area contributed by atoms with Gasteiger partial charge in [0.05, 0.1) is 0 Å². The van der Waals surface area contributed by atoms with E-state index in [1.807, 2.05) is 0 Å². The fraction of sp³-hybridized carbons (Fsp3) is 0.625. The highest BCUT2D eigenvalue weighted by atomic mass is 35.5. The molecule has 0 spiro atoms. The maximum absolute atomic E-state index is 10.7. The van der Waals surface area contributed by atoms with Crippen molar-refractivity contribution in [2.45, 2.75) is 19.0 Å². The van der Waals surface area contributed by atoms with Crippen LogP contribution in [0.1, 0.15) is 6.92 Å². The predicted molar refractivity (Wildman–Crippen MR) is 73.0 cm³/mol. The second kappa shape index (κ2) is 10.3. The highest BCUT2D eigenvalue weighted by molar-refractivity contribution is 8.76. The molecule has 0 bridgehead atoms. The number of hydrogen-bond acceptors (Lipinski definition) is 6. The van der Waals surface area contributed by atoms with E-state index >= 15 is 0 Å². The monoisotopic (exact) mass is 318 g/mol. The molecule has 0 unspecified atom stereocenters. The Balaban J connectivity index is 0. The lowest BCUT2D eigenvalue weighted by Gasteiger charge is -2.12. The van der Waals surface area contributed by atoms with Crippen molar-refractivity contribution >= 4 is 51.8 Å². The van der Waals surface area contributed by atoms with Crippen LogP contribution in [0.3, 0.4) is 0 Å². The Morgan fingerprint density at radius 2 is 1.67 bits per heavy atom. The Morgan fingerprint density at radius 3 is 2.06 bits per heavy atom. The molecule has 5 N–H and O–H groups in total. The van der Waals surface area contributed by atoms with E-state index in [-0.39, 0.29) is 23.9 Å². The summed E-state index contributed by atoms with van der Waals surface area (Å²) in [4.78, 5) is 31.8. The van der Waals surface area contributed by atoms with Gasteiger partial charge >= 0.3 is 11.9 Å². The number of aliphatic carboxylic acids is 2. The van der Waals surface area contributed by atoms with Crippen molar-refractivity contribution in [1.29, 1.82) is 0 Å². The molecule has 0 aliphatic rings. The van der Waals surface area contributed by atoms with Crippen LogP contribution in [0, 0.1) is 0 Å². The van der Waals surface area contributed by atoms with Gasteiger partial charge in [0.25, 0.3) is 0 Å². The molecule has 7 nitrogen and oxygen atoms in total. The van der Waals surface area contributed by atoms with E-state index in [0.29, 0.717) is 0 Å². The molecule has 0 rings (SSSR count). The number of rotatable bonds is 8. The van der Waals surface area contributed by atoms with Gasteiger partial charge < -0.3 is 21.3 Å². The molecule has 0 aliphatic carbocycles. The van der Waals surface area contributed by atoms with Crippen LogP contribution in [-0.2, 0) is 14.4 Å². The summed E-state index contributed by atoms with van der Waals surface area (Å²) in [6.45, 7) is 1.23. The number of carboxylic acid groups (broad SMARTS) is 2. The minimum Gasteiger partial charge on any atom is -0.480 e. The predicted octanol–water partition coefficient (Wildman–Crippen LogP) is -0.209. The standard InChI is InChI=1S/C8H14N2O5S2.ClH/c1-4(11)10-6(8(14)15)3-17-16-2-5(9)7(12)13;/h5-6H,2-3,9H2,1H3,(H,10,11)(H,12,13)(H,14,15);1H/t5-,6-;/m0./s1. The van der Waals surface area contributed by atoms with Crippen molar-refractivity contribution in [3.63, 3.8) is 0 Å². The fourth-order valence-corrected chi connectivity index (χ4v) is 3.00. The van der Waals surface area contributed by atoms with E-state index in [0.717, 1.165) is 21.6 Å². The van der Waals surface area contributed by atoms with Crippen LogP contribution >= 0.6 is 34.0 Å². The molecule has 18 heavy (non-hydrogen) atoms. The zero-order valence-corrected chi connectivity index (χ0v) is 11.9. The molecule has 0 heterocycles. The van der Waals surface area contributed by atoms with E-state index in [4.69, 9.17) is 15.9 Å². The second-order valence-corrected chi connectivity index (χ2v) is 5.66. The van der Waals surface area contributed by atoms with E-state index in [1.54, 1.807) is 0 Å². The fourth-order valence-electron chi connectivity index (χ4n) is 0.729. The number of nitrogens with one attached hydrogen (secondary N) is 1. The number of carbonyl (C=O) groups excluding carboxylic acids is 1. The summed E-state index contributed by atoms with van der Waals surface area (Å²) in [6, 6.07) is -1.96. The molecule has 10 heteroatoms. The van der Waals surface area contributed by atoms with E-state index < -0.39 is 29.9 Å². The van der Waals surface area contributed by atoms with Gasteiger partial charge in [-0.15, -0.1) is 12.4 Å². The Labute approximate surface area is 118 Å². The van der Waals surface area contributed by atoms with Crippen LogP contribution in [0.15, 0.2) is 0 Å². The highest BCUT2D eigenvalue weighted by Gasteiger charge is 2.19. The minimum atomic E-state index is -1.13. The van der Waals surface area contributed by atoms with Gasteiger partial charge in [-0.05, 0) is 0 Å². The summed E-state index contributed by atoms with van der Waals surface area (Å²) in [5.74, 6) is -2.34. The van der Waals surface area contributed by atoms with Crippen LogP contribution in [0.4, 0.5) is 0 Å². The molecular formula is C8H15ClN2O5S2. The third kappa shape index (κ3) is 9.40. The normalized spacial score (nSPS) is 13.0. The molecule has 2 atom stereocenters. The first-order valence-corrected chi connectivity index (χ1v) is 7.06. The molecule has 0 saturated heterocycles. The molecule has 0 saturated carbocycles. The third-order valence-electron chi connectivity index (χ3n) is 1.56. The van der Waals surface area contributed by atoms with Crippen molar-refractivity contribution in [1.82, 2.24) is 5.32 Å². The van der Waals surface area contributed by atoms with Crippen molar-refractivity contribution in [2.24, 2.45) is 5.73 Å². The van der Waals surface area contributed by atoms with Crippen LogP contribution < -0.4 is 11.1 Å². The van der Waals surface area contributed by atoms with Crippen molar-refractivity contribution in [2.75, 3.05) is 11.5 Å². The molecule has 0 aromatic rings. The number of hydrogen-bond donors (Lipinski definition) is 4. The minimum absolute atomic E-state index is 0. The quantitative estimate of drug-likeness (QED) is 0.357. The molecule has 1 amide bonds. The number of carboxylic acids is 2. The summed E-state index contributed by atoms with van der Waals surface area (Å²) in [6.07, 6.45) is 0. The van der Waals surface area contributed by atoms with Gasteiger partial charge in [-0.25, -0.2) is 4.79 Å². The SMILES string of the molecule is CC(=O)N[C@@H](CSSC[C@H](N)C(=O)O)C(=O)O.Cl. The average molecular weight is 319 g/mol. The molecule has 0 aromatic heterocycles. The Morgan fingerprint density at radius 1 is 1.17 bits per heavy atom. The summed E-state index contributed by atoms with van der Waals surface area (Å²) >= 11 is 0. The van der Waals surface area contributed by atoms with Gasteiger partial charge in [-0.3, -0.25) is 9.59 Å². The van der Waals surface area contributed by atoms with Crippen LogP contribution in [0.25, 0.3) is 0 Å². The number of carbonyl (C=O) groups is 3. The lowest BCUT2D eigenvalue weighted by molar-refractivity contribution is -0.140. The van der Waals surface area contributed by atoms with Crippen LogP contribution in [0.2, 0.25) is 0 Å². The van der Waals surface area contributed by atoms with Crippen molar-refractivity contribution in [3.8, 4) is 0 Å². The van der Waals surface area contributed by atoms with Gasteiger partial charge in [-0.2, -0.15) is 0 Å². The van der Waals surface area contributed by atoms with Gasteiger partial charge in [0, 0.05) is 18.4 Å². The first-order valence-electron chi connectivity index (χ1n) is 4.57. The Hall–Kier alpha value is -0.640. The van der Waals surface area contributed by atoms with Crippen LogP contribution in [-0.4, -0.2) is 51.6 Å². The molecule has 0 fully saturated rings.